The fourth-order valence-electron chi connectivity index (χ4n) is 3.15. The van der Waals surface area contributed by atoms with E-state index in [2.05, 4.69) is 28.5 Å². The van der Waals surface area contributed by atoms with Crippen LogP contribution in [-0.2, 0) is 16.8 Å². The highest BCUT2D eigenvalue weighted by Gasteiger charge is 2.39. The Bertz CT molecular complexity index is 820. The van der Waals surface area contributed by atoms with Crippen LogP contribution in [0.1, 0.15) is 30.5 Å². The lowest BCUT2D eigenvalue weighted by Gasteiger charge is -2.43. The van der Waals surface area contributed by atoms with Crippen LogP contribution in [0.15, 0.2) is 53.2 Å². The lowest BCUT2D eigenvalue weighted by Crippen LogP contribution is -2.51. The molecule has 3 aromatic rings. The molecule has 5 heteroatoms. The van der Waals surface area contributed by atoms with Crippen molar-refractivity contribution in [3.63, 3.8) is 0 Å². The van der Waals surface area contributed by atoms with Crippen LogP contribution < -0.4 is 5.32 Å². The van der Waals surface area contributed by atoms with E-state index < -0.39 is 0 Å². The Morgan fingerprint density at radius 1 is 1.12 bits per heavy atom. The maximum atomic E-state index is 12.5. The first-order valence-electron chi connectivity index (χ1n) is 8.10. The maximum Gasteiger partial charge on any atom is 0.226 e. The highest BCUT2D eigenvalue weighted by atomic mass is 32.1. The van der Waals surface area contributed by atoms with E-state index in [1.54, 1.807) is 22.7 Å². The number of thiazole rings is 1. The second-order valence-corrected chi connectivity index (χ2v) is 7.95. The maximum absolute atomic E-state index is 12.5. The Morgan fingerprint density at radius 3 is 2.62 bits per heavy atom. The largest absolute Gasteiger partial charge is 0.346 e. The summed E-state index contributed by atoms with van der Waals surface area (Å²) in [6, 6.07) is 14.4. The first-order chi connectivity index (χ1) is 11.8. The third-order valence-electron chi connectivity index (χ3n) is 4.54. The number of nitrogens with one attached hydrogen (secondary N) is 1. The molecule has 4 rings (SSSR count). The molecule has 0 spiro atoms. The van der Waals surface area contributed by atoms with Gasteiger partial charge in [0.15, 0.2) is 0 Å². The fourth-order valence-corrected chi connectivity index (χ4v) is 4.78. The molecule has 0 aliphatic heterocycles. The summed E-state index contributed by atoms with van der Waals surface area (Å²) in [5.74, 6) is 0.0570. The summed E-state index contributed by atoms with van der Waals surface area (Å²) < 4.78 is 0. The molecule has 1 N–H and O–H groups in total. The van der Waals surface area contributed by atoms with Gasteiger partial charge < -0.3 is 5.32 Å². The van der Waals surface area contributed by atoms with Gasteiger partial charge in [-0.1, -0.05) is 36.4 Å². The van der Waals surface area contributed by atoms with Gasteiger partial charge in [0.05, 0.1) is 22.5 Å². The number of hydrogen-bond acceptors (Lipinski definition) is 4. The van der Waals surface area contributed by atoms with Gasteiger partial charge in [0.25, 0.3) is 0 Å². The molecule has 24 heavy (non-hydrogen) atoms. The van der Waals surface area contributed by atoms with Crippen LogP contribution >= 0.6 is 22.7 Å². The molecule has 0 atom stereocenters. The van der Waals surface area contributed by atoms with Crippen molar-refractivity contribution < 1.29 is 4.79 Å². The van der Waals surface area contributed by atoms with Crippen molar-refractivity contribution in [3.05, 3.63) is 64.5 Å². The van der Waals surface area contributed by atoms with Gasteiger partial charge in [0.2, 0.25) is 5.91 Å². The summed E-state index contributed by atoms with van der Waals surface area (Å²) in [4.78, 5) is 18.3. The van der Waals surface area contributed by atoms with Crippen LogP contribution in [0.3, 0.4) is 0 Å². The van der Waals surface area contributed by atoms with Crippen LogP contribution in [0.2, 0.25) is 0 Å². The molecule has 1 saturated carbocycles. The molecule has 1 fully saturated rings. The lowest BCUT2D eigenvalue weighted by atomic mass is 9.71. The van der Waals surface area contributed by atoms with Gasteiger partial charge in [-0.25, -0.2) is 4.98 Å². The number of amides is 1. The van der Waals surface area contributed by atoms with Gasteiger partial charge in [0.1, 0.15) is 5.01 Å². The molecule has 1 aromatic carbocycles. The minimum atomic E-state index is -0.176. The van der Waals surface area contributed by atoms with Crippen molar-refractivity contribution in [2.45, 2.75) is 31.2 Å². The normalized spacial score (nSPS) is 15.7. The summed E-state index contributed by atoms with van der Waals surface area (Å²) in [6.07, 6.45) is 3.53. The quantitative estimate of drug-likeness (QED) is 0.727. The predicted molar refractivity (Wildman–Crippen MR) is 99.2 cm³/mol. The van der Waals surface area contributed by atoms with E-state index in [9.17, 15) is 4.79 Å². The summed E-state index contributed by atoms with van der Waals surface area (Å²) in [5.41, 5.74) is 1.89. The third kappa shape index (κ3) is 3.01. The summed E-state index contributed by atoms with van der Waals surface area (Å²) in [5, 5.41) is 8.30. The van der Waals surface area contributed by atoms with Gasteiger partial charge in [-0.3, -0.25) is 4.79 Å². The second-order valence-electron chi connectivity index (χ2n) is 6.15. The van der Waals surface area contributed by atoms with Crippen molar-refractivity contribution in [2.75, 3.05) is 0 Å². The monoisotopic (exact) mass is 354 g/mol. The van der Waals surface area contributed by atoms with E-state index in [0.717, 1.165) is 34.8 Å². The van der Waals surface area contributed by atoms with Crippen LogP contribution in [0, 0.1) is 0 Å². The van der Waals surface area contributed by atoms with Gasteiger partial charge in [0, 0.05) is 5.38 Å². The van der Waals surface area contributed by atoms with Crippen LogP contribution in [0.25, 0.3) is 9.88 Å². The van der Waals surface area contributed by atoms with Crippen molar-refractivity contribution >= 4 is 28.6 Å². The van der Waals surface area contributed by atoms with Crippen molar-refractivity contribution in [2.24, 2.45) is 0 Å². The Hall–Kier alpha value is -1.98. The topological polar surface area (TPSA) is 42.0 Å². The molecule has 122 valence electrons. The molecular formula is C19H18N2OS2. The summed E-state index contributed by atoms with van der Waals surface area (Å²) in [7, 11) is 0. The first kappa shape index (κ1) is 15.5. The standard InChI is InChI=1S/C19H18N2OS2/c22-17(12-15-13-24-18(20-15)16-8-4-11-23-16)21-19(9-5-10-19)14-6-2-1-3-7-14/h1-4,6-8,11,13H,5,9-10,12H2,(H,21,22). The molecule has 2 aromatic heterocycles. The zero-order valence-electron chi connectivity index (χ0n) is 13.2. The van der Waals surface area contributed by atoms with Gasteiger partial charge in [-0.2, -0.15) is 0 Å². The second kappa shape index (κ2) is 6.49. The molecule has 3 nitrogen and oxygen atoms in total. The van der Waals surface area contributed by atoms with Crippen molar-refractivity contribution in [3.8, 4) is 9.88 Å². The minimum absolute atomic E-state index is 0.0570. The Balaban J connectivity index is 1.45. The summed E-state index contributed by atoms with van der Waals surface area (Å²) >= 11 is 3.28. The number of nitrogens with zero attached hydrogens (tertiary/aromatic N) is 1. The van der Waals surface area contributed by atoms with E-state index in [4.69, 9.17) is 0 Å². The smallest absolute Gasteiger partial charge is 0.226 e. The van der Waals surface area contributed by atoms with E-state index in [1.165, 1.54) is 5.56 Å². The highest BCUT2D eigenvalue weighted by Crippen LogP contribution is 2.41. The molecular weight excluding hydrogens is 336 g/mol. The lowest BCUT2D eigenvalue weighted by molar-refractivity contribution is -0.123. The minimum Gasteiger partial charge on any atom is -0.346 e. The third-order valence-corrected chi connectivity index (χ3v) is 6.47. The average Bonchev–Trinajstić information content (AvgIpc) is 3.23. The zero-order chi connectivity index (χ0) is 16.4. The van der Waals surface area contributed by atoms with E-state index in [0.29, 0.717) is 6.42 Å². The highest BCUT2D eigenvalue weighted by molar-refractivity contribution is 7.20. The number of carbonyl (C=O) groups excluding carboxylic acids is 1. The van der Waals surface area contributed by atoms with Gasteiger partial charge in [-0.05, 0) is 36.3 Å². The van der Waals surface area contributed by atoms with Crippen molar-refractivity contribution in [1.29, 1.82) is 0 Å². The molecule has 0 bridgehead atoms. The molecule has 0 unspecified atom stereocenters. The van der Waals surface area contributed by atoms with Gasteiger partial charge in [-0.15, -0.1) is 22.7 Å². The number of hydrogen-bond donors (Lipinski definition) is 1. The van der Waals surface area contributed by atoms with Crippen LogP contribution in [-0.4, -0.2) is 10.9 Å². The number of benzene rings is 1. The molecule has 1 amide bonds. The average molecular weight is 355 g/mol. The van der Waals surface area contributed by atoms with E-state index in [-0.39, 0.29) is 11.4 Å². The number of carbonyl (C=O) groups is 1. The Labute approximate surface area is 149 Å². The molecule has 1 aliphatic rings. The SMILES string of the molecule is O=C(Cc1csc(-c2cccs2)n1)NC1(c2ccccc2)CCC1. The molecule has 0 saturated heterocycles. The molecule has 1 aliphatic carbocycles. The summed E-state index contributed by atoms with van der Waals surface area (Å²) in [6.45, 7) is 0. The Morgan fingerprint density at radius 2 is 1.96 bits per heavy atom. The number of thiophene rings is 1. The first-order valence-corrected chi connectivity index (χ1v) is 9.86. The molecule has 0 radical (unpaired) electrons. The zero-order valence-corrected chi connectivity index (χ0v) is 14.8. The van der Waals surface area contributed by atoms with Crippen LogP contribution in [0.5, 0.6) is 0 Å². The van der Waals surface area contributed by atoms with Crippen molar-refractivity contribution in [1.82, 2.24) is 10.3 Å². The molecule has 2 heterocycles. The van der Waals surface area contributed by atoms with E-state index in [1.807, 2.05) is 35.0 Å². The number of rotatable bonds is 5. The number of aromatic nitrogens is 1. The Kier molecular flexibility index (Phi) is 4.21. The fraction of sp³-hybridized carbons (Fsp3) is 0.263. The van der Waals surface area contributed by atoms with Crippen LogP contribution in [0.4, 0.5) is 0 Å². The van der Waals surface area contributed by atoms with Gasteiger partial charge >= 0.3 is 0 Å². The van der Waals surface area contributed by atoms with E-state index >= 15 is 0 Å². The predicted octanol–water partition coefficient (Wildman–Crippen LogP) is 4.61.